The zero-order chi connectivity index (χ0) is 21.1. The number of halogens is 2. The molecule has 0 saturated carbocycles. The number of hydrogen-bond acceptors (Lipinski definition) is 5. The zero-order valence-corrected chi connectivity index (χ0v) is 17.8. The summed E-state index contributed by atoms with van der Waals surface area (Å²) in [7, 11) is 1.90. The summed E-state index contributed by atoms with van der Waals surface area (Å²) in [4.78, 5) is 20.7. The van der Waals surface area contributed by atoms with Crippen LogP contribution in [0.5, 0.6) is 0 Å². The van der Waals surface area contributed by atoms with Crippen LogP contribution in [0.4, 0.5) is 16.3 Å². The summed E-state index contributed by atoms with van der Waals surface area (Å²) in [6.45, 7) is 7.97. The summed E-state index contributed by atoms with van der Waals surface area (Å²) >= 11 is 11.7. The number of anilines is 2. The Bertz CT molecular complexity index is 1060. The third-order valence-electron chi connectivity index (χ3n) is 4.17. The molecule has 0 atom stereocenters. The zero-order valence-electron chi connectivity index (χ0n) is 16.3. The van der Waals surface area contributed by atoms with Crippen molar-refractivity contribution >= 4 is 51.8 Å². The van der Waals surface area contributed by atoms with Crippen molar-refractivity contribution in [3.8, 4) is 0 Å². The van der Waals surface area contributed by atoms with Crippen LogP contribution in [0.15, 0.2) is 30.9 Å². The molecule has 0 radical (unpaired) electrons. The number of nitrogens with zero attached hydrogens (tertiary/aromatic N) is 4. The Balaban J connectivity index is 1.83. The molecule has 10 heteroatoms. The van der Waals surface area contributed by atoms with E-state index in [1.165, 1.54) is 12.1 Å². The van der Waals surface area contributed by atoms with E-state index in [1.54, 1.807) is 6.08 Å². The van der Waals surface area contributed by atoms with Gasteiger partial charge in [0, 0.05) is 19.2 Å². The van der Waals surface area contributed by atoms with E-state index in [0.29, 0.717) is 17.9 Å². The van der Waals surface area contributed by atoms with Gasteiger partial charge in [0.05, 0.1) is 11.2 Å². The maximum atomic E-state index is 12.2. The Kier molecular flexibility index (Phi) is 6.24. The fraction of sp³-hybridized carbons (Fsp3) is 0.263. The molecule has 3 aromatic heterocycles. The number of rotatable bonds is 6. The quantitative estimate of drug-likeness (QED) is 0.298. The Hall–Kier alpha value is -2.84. The van der Waals surface area contributed by atoms with E-state index < -0.39 is 6.03 Å². The van der Waals surface area contributed by atoms with E-state index >= 15 is 0 Å². The molecule has 0 aliphatic heterocycles. The molecule has 8 nitrogen and oxygen atoms in total. The highest BCUT2D eigenvalue weighted by atomic mass is 35.5. The van der Waals surface area contributed by atoms with Crippen LogP contribution in [0, 0.1) is 0 Å². The molecular formula is C19H21Cl2N7O. The Morgan fingerprint density at radius 2 is 1.93 bits per heavy atom. The lowest BCUT2D eigenvalue weighted by atomic mass is 10.0. The minimum atomic E-state index is -0.506. The van der Waals surface area contributed by atoms with E-state index in [-0.39, 0.29) is 16.2 Å². The van der Waals surface area contributed by atoms with Crippen LogP contribution in [0.2, 0.25) is 10.3 Å². The highest BCUT2D eigenvalue weighted by molar-refractivity contribution is 6.33. The van der Waals surface area contributed by atoms with Crippen molar-refractivity contribution in [2.75, 3.05) is 10.7 Å². The third-order valence-corrected chi connectivity index (χ3v) is 4.56. The molecule has 0 aliphatic rings. The number of carbonyl (C=O) groups excluding carboxylic acids is 1. The van der Waals surface area contributed by atoms with Gasteiger partial charge in [-0.15, -0.1) is 6.58 Å². The van der Waals surface area contributed by atoms with E-state index in [2.05, 4.69) is 51.7 Å². The summed E-state index contributed by atoms with van der Waals surface area (Å²) in [5, 5.41) is 7.54. The summed E-state index contributed by atoms with van der Waals surface area (Å²) in [5.74, 6) is 0.739. The highest BCUT2D eigenvalue weighted by Gasteiger charge is 2.17. The predicted octanol–water partition coefficient (Wildman–Crippen LogP) is 4.67. The van der Waals surface area contributed by atoms with Crippen LogP contribution in [-0.4, -0.2) is 25.8 Å². The number of aromatic nitrogens is 4. The Morgan fingerprint density at radius 3 is 2.55 bits per heavy atom. The maximum Gasteiger partial charge on any atom is 0.337 e. The van der Waals surface area contributed by atoms with E-state index in [0.717, 1.165) is 22.3 Å². The largest absolute Gasteiger partial charge is 0.337 e. The van der Waals surface area contributed by atoms with Gasteiger partial charge in [-0.25, -0.2) is 14.8 Å². The van der Waals surface area contributed by atoms with Gasteiger partial charge in [-0.2, -0.15) is 5.10 Å². The minimum Gasteiger partial charge on any atom is -0.306 e. The first-order chi connectivity index (χ1) is 13.8. The molecule has 3 rings (SSSR count). The van der Waals surface area contributed by atoms with Gasteiger partial charge in [-0.3, -0.25) is 15.5 Å². The second-order valence-electron chi connectivity index (χ2n) is 6.72. The van der Waals surface area contributed by atoms with Crippen molar-refractivity contribution in [1.82, 2.24) is 25.2 Å². The van der Waals surface area contributed by atoms with Crippen LogP contribution >= 0.6 is 23.2 Å². The molecule has 0 fully saturated rings. The molecule has 3 aromatic rings. The van der Waals surface area contributed by atoms with Crippen LogP contribution in [0.25, 0.3) is 11.0 Å². The van der Waals surface area contributed by atoms with Crippen molar-refractivity contribution in [2.24, 2.45) is 7.05 Å². The normalized spacial score (nSPS) is 11.0. The molecular weight excluding hydrogens is 413 g/mol. The first-order valence-corrected chi connectivity index (χ1v) is 9.67. The summed E-state index contributed by atoms with van der Waals surface area (Å²) in [6, 6.07) is 4.37. The maximum absolute atomic E-state index is 12.2. The van der Waals surface area contributed by atoms with Gasteiger partial charge in [0.1, 0.15) is 21.6 Å². The number of carbonyl (C=O) groups is 1. The van der Waals surface area contributed by atoms with Crippen LogP contribution < -0.4 is 16.2 Å². The monoisotopic (exact) mass is 433 g/mol. The highest BCUT2D eigenvalue weighted by Crippen LogP contribution is 2.29. The van der Waals surface area contributed by atoms with Gasteiger partial charge in [0.2, 0.25) is 0 Å². The van der Waals surface area contributed by atoms with Gasteiger partial charge >= 0.3 is 6.03 Å². The van der Waals surface area contributed by atoms with Crippen molar-refractivity contribution in [3.63, 3.8) is 0 Å². The molecule has 0 aliphatic carbocycles. The summed E-state index contributed by atoms with van der Waals surface area (Å²) in [6.07, 6.45) is 2.39. The number of hydrazine groups is 1. The Labute approximate surface area is 178 Å². The molecule has 0 spiro atoms. The smallest absolute Gasteiger partial charge is 0.306 e. The number of pyridine rings is 2. The van der Waals surface area contributed by atoms with E-state index in [9.17, 15) is 4.79 Å². The number of hydrogen-bond donors (Lipinski definition) is 3. The second kappa shape index (κ2) is 8.67. The first-order valence-electron chi connectivity index (χ1n) is 8.92. The van der Waals surface area contributed by atoms with Gasteiger partial charge in [0.15, 0.2) is 0 Å². The number of aryl methyl sites for hydroxylation is 1. The fourth-order valence-electron chi connectivity index (χ4n) is 2.98. The van der Waals surface area contributed by atoms with Crippen molar-refractivity contribution in [2.45, 2.75) is 26.2 Å². The number of fused-ring (bicyclic) bond motifs is 1. The lowest BCUT2D eigenvalue weighted by molar-refractivity contribution is 0.254. The van der Waals surface area contributed by atoms with Crippen molar-refractivity contribution in [1.29, 1.82) is 0 Å². The van der Waals surface area contributed by atoms with Crippen LogP contribution in [0.3, 0.4) is 0 Å². The lowest BCUT2D eigenvalue weighted by Crippen LogP contribution is -2.34. The molecule has 2 amide bonds. The molecule has 0 unspecified atom stereocenters. The average molecular weight is 434 g/mol. The van der Waals surface area contributed by atoms with Crippen LogP contribution in [0.1, 0.15) is 31.0 Å². The van der Waals surface area contributed by atoms with E-state index in [1.807, 2.05) is 17.8 Å². The molecule has 0 aromatic carbocycles. The van der Waals surface area contributed by atoms with Gasteiger partial charge in [-0.1, -0.05) is 43.1 Å². The molecule has 3 N–H and O–H groups in total. The first kappa shape index (κ1) is 20.9. The van der Waals surface area contributed by atoms with Gasteiger partial charge in [-0.05, 0) is 29.7 Å². The topological polar surface area (TPSA) is 96.8 Å². The summed E-state index contributed by atoms with van der Waals surface area (Å²) < 4.78 is 1.83. The number of allylic oxidation sites excluding steroid dienone is 1. The average Bonchev–Trinajstić information content (AvgIpc) is 2.94. The number of urea groups is 1. The van der Waals surface area contributed by atoms with Gasteiger partial charge in [0.25, 0.3) is 0 Å². The SMILES string of the molecule is C=CCc1nn(C)c2c(C(C)C)cc(NNC(=O)Nc3cc(Cl)nc(Cl)c3)nc12. The van der Waals surface area contributed by atoms with Crippen LogP contribution in [-0.2, 0) is 13.5 Å². The molecule has 152 valence electrons. The fourth-order valence-corrected chi connectivity index (χ4v) is 3.44. The molecule has 0 saturated heterocycles. The standard InChI is InChI=1S/C19H21Cl2N7O/c1-5-6-13-17-18(28(4)27-13)12(10(2)3)9-16(24-17)25-26-19(29)22-11-7-14(20)23-15(21)8-11/h5,7-10H,1,6H2,2-4H3,(H,24,25)(H2,22,23,26,29). The minimum absolute atomic E-state index is 0.181. The third kappa shape index (κ3) is 4.78. The predicted molar refractivity (Wildman–Crippen MR) is 117 cm³/mol. The van der Waals surface area contributed by atoms with Crippen molar-refractivity contribution < 1.29 is 4.79 Å². The van der Waals surface area contributed by atoms with Gasteiger partial charge < -0.3 is 5.32 Å². The molecule has 3 heterocycles. The van der Waals surface area contributed by atoms with Crippen molar-refractivity contribution in [3.05, 3.63) is 52.4 Å². The summed E-state index contributed by atoms with van der Waals surface area (Å²) in [5.41, 5.74) is 9.45. The molecule has 0 bridgehead atoms. The Morgan fingerprint density at radius 1 is 1.24 bits per heavy atom. The second-order valence-corrected chi connectivity index (χ2v) is 7.49. The number of nitrogens with one attached hydrogen (secondary N) is 3. The number of amides is 2. The van der Waals surface area contributed by atoms with E-state index in [4.69, 9.17) is 23.2 Å². The molecule has 29 heavy (non-hydrogen) atoms. The lowest BCUT2D eigenvalue weighted by Gasteiger charge is -2.13.